The maximum Gasteiger partial charge on any atom is 0.210 e. The van der Waals surface area contributed by atoms with E-state index in [1.165, 1.54) is 19.3 Å². The molecular formula is C11H20N2O. The van der Waals surface area contributed by atoms with Crippen molar-refractivity contribution in [2.45, 2.75) is 44.7 Å². The summed E-state index contributed by atoms with van der Waals surface area (Å²) in [5.41, 5.74) is 0.0234. The van der Waals surface area contributed by atoms with Crippen molar-refractivity contribution in [2.75, 3.05) is 19.6 Å². The lowest BCUT2D eigenvalue weighted by Crippen LogP contribution is -2.61. The SMILES string of the molecule is CC1(C)CN(C2CCC2)CCN1C=O. The van der Waals surface area contributed by atoms with Crippen LogP contribution < -0.4 is 0 Å². The molecule has 0 aromatic carbocycles. The first-order valence-corrected chi connectivity index (χ1v) is 5.59. The van der Waals surface area contributed by atoms with Crippen LogP contribution in [0.5, 0.6) is 0 Å². The van der Waals surface area contributed by atoms with Gasteiger partial charge in [-0.3, -0.25) is 9.69 Å². The normalized spacial score (nSPS) is 28.6. The maximum atomic E-state index is 10.8. The summed E-state index contributed by atoms with van der Waals surface area (Å²) in [6.07, 6.45) is 5.10. The third-order valence-corrected chi connectivity index (χ3v) is 3.71. The van der Waals surface area contributed by atoms with E-state index in [9.17, 15) is 4.79 Å². The van der Waals surface area contributed by atoms with Crippen LogP contribution in [0.3, 0.4) is 0 Å². The molecule has 2 aliphatic rings. The Morgan fingerprint density at radius 1 is 1.29 bits per heavy atom. The molecule has 2 fully saturated rings. The van der Waals surface area contributed by atoms with E-state index in [1.807, 2.05) is 4.90 Å². The number of carbonyl (C=O) groups excluding carboxylic acids is 1. The summed E-state index contributed by atoms with van der Waals surface area (Å²) < 4.78 is 0. The van der Waals surface area contributed by atoms with E-state index in [0.29, 0.717) is 0 Å². The van der Waals surface area contributed by atoms with Gasteiger partial charge >= 0.3 is 0 Å². The fourth-order valence-corrected chi connectivity index (χ4v) is 2.46. The summed E-state index contributed by atoms with van der Waals surface area (Å²) in [5.74, 6) is 0. The minimum absolute atomic E-state index is 0.0234. The van der Waals surface area contributed by atoms with Crippen molar-refractivity contribution in [3.63, 3.8) is 0 Å². The van der Waals surface area contributed by atoms with Gasteiger partial charge in [0.1, 0.15) is 0 Å². The summed E-state index contributed by atoms with van der Waals surface area (Å²) in [6.45, 7) is 7.31. The second-order valence-corrected chi connectivity index (χ2v) is 5.17. The zero-order valence-electron chi connectivity index (χ0n) is 9.20. The van der Waals surface area contributed by atoms with Gasteiger partial charge in [-0.2, -0.15) is 0 Å². The van der Waals surface area contributed by atoms with Crippen molar-refractivity contribution < 1.29 is 4.79 Å². The van der Waals surface area contributed by atoms with E-state index >= 15 is 0 Å². The molecule has 0 aromatic heterocycles. The Morgan fingerprint density at radius 3 is 2.43 bits per heavy atom. The Morgan fingerprint density at radius 2 is 2.00 bits per heavy atom. The van der Waals surface area contributed by atoms with Gasteiger partial charge in [0.25, 0.3) is 0 Å². The molecule has 1 amide bonds. The van der Waals surface area contributed by atoms with Crippen molar-refractivity contribution in [3.05, 3.63) is 0 Å². The molecule has 0 bridgehead atoms. The van der Waals surface area contributed by atoms with Gasteiger partial charge in [0.15, 0.2) is 0 Å². The minimum Gasteiger partial charge on any atom is -0.338 e. The van der Waals surface area contributed by atoms with E-state index in [-0.39, 0.29) is 5.54 Å². The summed E-state index contributed by atoms with van der Waals surface area (Å²) in [6, 6.07) is 0.808. The van der Waals surface area contributed by atoms with Crippen LogP contribution in [0.4, 0.5) is 0 Å². The highest BCUT2D eigenvalue weighted by Gasteiger charge is 2.36. The lowest BCUT2D eigenvalue weighted by Gasteiger charge is -2.50. The van der Waals surface area contributed by atoms with E-state index in [1.54, 1.807) is 0 Å². The summed E-state index contributed by atoms with van der Waals surface area (Å²) in [7, 11) is 0. The van der Waals surface area contributed by atoms with Gasteiger partial charge in [0.2, 0.25) is 6.41 Å². The highest BCUT2D eigenvalue weighted by molar-refractivity contribution is 5.49. The van der Waals surface area contributed by atoms with Gasteiger partial charge in [-0.1, -0.05) is 6.42 Å². The van der Waals surface area contributed by atoms with E-state index < -0.39 is 0 Å². The Hall–Kier alpha value is -0.570. The Bertz CT molecular complexity index is 223. The molecule has 1 saturated carbocycles. The lowest BCUT2D eigenvalue weighted by atomic mass is 9.88. The molecule has 1 heterocycles. The molecule has 1 saturated heterocycles. The van der Waals surface area contributed by atoms with Crippen molar-refractivity contribution >= 4 is 6.41 Å². The third-order valence-electron chi connectivity index (χ3n) is 3.71. The molecule has 0 atom stereocenters. The number of rotatable bonds is 2. The third kappa shape index (κ3) is 1.65. The topological polar surface area (TPSA) is 23.6 Å². The van der Waals surface area contributed by atoms with Crippen LogP contribution in [0.25, 0.3) is 0 Å². The van der Waals surface area contributed by atoms with Crippen LogP contribution in [-0.4, -0.2) is 47.4 Å². The van der Waals surface area contributed by atoms with Crippen LogP contribution in [0, 0.1) is 0 Å². The number of carbonyl (C=O) groups is 1. The number of hydrogen-bond donors (Lipinski definition) is 0. The molecule has 0 aromatic rings. The Labute approximate surface area is 86.1 Å². The van der Waals surface area contributed by atoms with Crippen molar-refractivity contribution in [3.8, 4) is 0 Å². The van der Waals surface area contributed by atoms with Crippen LogP contribution in [-0.2, 0) is 4.79 Å². The molecule has 3 nitrogen and oxygen atoms in total. The van der Waals surface area contributed by atoms with Gasteiger partial charge in [-0.05, 0) is 26.7 Å². The lowest BCUT2D eigenvalue weighted by molar-refractivity contribution is -0.128. The number of nitrogens with zero attached hydrogens (tertiary/aromatic N) is 2. The highest BCUT2D eigenvalue weighted by atomic mass is 16.1. The molecule has 3 heteroatoms. The molecule has 0 radical (unpaired) electrons. The predicted molar refractivity (Wildman–Crippen MR) is 56.1 cm³/mol. The van der Waals surface area contributed by atoms with E-state index in [2.05, 4.69) is 18.7 Å². The number of hydrogen-bond acceptors (Lipinski definition) is 2. The smallest absolute Gasteiger partial charge is 0.210 e. The fraction of sp³-hybridized carbons (Fsp3) is 0.909. The summed E-state index contributed by atoms with van der Waals surface area (Å²) in [5, 5.41) is 0. The zero-order valence-corrected chi connectivity index (χ0v) is 9.20. The molecule has 0 N–H and O–H groups in total. The second kappa shape index (κ2) is 3.54. The Kier molecular flexibility index (Phi) is 2.52. The largest absolute Gasteiger partial charge is 0.338 e. The monoisotopic (exact) mass is 196 g/mol. The van der Waals surface area contributed by atoms with Crippen LogP contribution in [0.1, 0.15) is 33.1 Å². The Balaban J connectivity index is 1.97. The molecule has 80 valence electrons. The quantitative estimate of drug-likeness (QED) is 0.617. The first-order valence-electron chi connectivity index (χ1n) is 5.59. The van der Waals surface area contributed by atoms with Gasteiger partial charge in [-0.25, -0.2) is 0 Å². The highest BCUT2D eigenvalue weighted by Crippen LogP contribution is 2.29. The molecule has 14 heavy (non-hydrogen) atoms. The van der Waals surface area contributed by atoms with Crippen LogP contribution >= 0.6 is 0 Å². The fourth-order valence-electron chi connectivity index (χ4n) is 2.46. The molecule has 0 unspecified atom stereocenters. The number of amides is 1. The van der Waals surface area contributed by atoms with Crippen molar-refractivity contribution in [1.82, 2.24) is 9.80 Å². The molecule has 1 aliphatic heterocycles. The van der Waals surface area contributed by atoms with Crippen molar-refractivity contribution in [2.24, 2.45) is 0 Å². The zero-order chi connectivity index (χ0) is 10.2. The average Bonchev–Trinajstić information content (AvgIpc) is 1.99. The van der Waals surface area contributed by atoms with Gasteiger partial charge in [-0.15, -0.1) is 0 Å². The average molecular weight is 196 g/mol. The van der Waals surface area contributed by atoms with Gasteiger partial charge in [0, 0.05) is 31.2 Å². The molecule has 0 spiro atoms. The van der Waals surface area contributed by atoms with Gasteiger partial charge in [0.05, 0.1) is 0 Å². The van der Waals surface area contributed by atoms with E-state index in [0.717, 1.165) is 32.1 Å². The predicted octanol–water partition coefficient (Wildman–Crippen LogP) is 1.09. The summed E-state index contributed by atoms with van der Waals surface area (Å²) in [4.78, 5) is 15.3. The van der Waals surface area contributed by atoms with Crippen molar-refractivity contribution in [1.29, 1.82) is 0 Å². The first kappa shape index (κ1) is 9.97. The van der Waals surface area contributed by atoms with Crippen LogP contribution in [0.15, 0.2) is 0 Å². The molecular weight excluding hydrogens is 176 g/mol. The van der Waals surface area contributed by atoms with Crippen LogP contribution in [0.2, 0.25) is 0 Å². The molecule has 2 rings (SSSR count). The summed E-state index contributed by atoms with van der Waals surface area (Å²) >= 11 is 0. The van der Waals surface area contributed by atoms with E-state index in [4.69, 9.17) is 0 Å². The molecule has 1 aliphatic carbocycles. The standard InChI is InChI=1S/C11H20N2O/c1-11(2)8-12(10-4-3-5-10)6-7-13(11)9-14/h9-10H,3-8H2,1-2H3. The minimum atomic E-state index is 0.0234. The van der Waals surface area contributed by atoms with Gasteiger partial charge < -0.3 is 4.90 Å². The number of piperazine rings is 1. The first-order chi connectivity index (χ1) is 6.63. The second-order valence-electron chi connectivity index (χ2n) is 5.17. The maximum absolute atomic E-state index is 10.8.